The molecule has 5 heteroatoms. The minimum Gasteiger partial charge on any atom is -0.386 e. The lowest BCUT2D eigenvalue weighted by atomic mass is 10.1. The van der Waals surface area contributed by atoms with E-state index in [2.05, 4.69) is 4.40 Å². The molecule has 0 aliphatic rings. The summed E-state index contributed by atoms with van der Waals surface area (Å²) in [5.74, 6) is 0.150. The van der Waals surface area contributed by atoms with Crippen molar-refractivity contribution >= 4 is 15.9 Å². The molecule has 22 heavy (non-hydrogen) atoms. The molecule has 0 heterocycles. The van der Waals surface area contributed by atoms with Gasteiger partial charge in [-0.05, 0) is 37.5 Å². The molecule has 2 rings (SSSR count). The van der Waals surface area contributed by atoms with Crippen molar-refractivity contribution in [2.24, 2.45) is 10.1 Å². The number of hydrogen-bond acceptors (Lipinski definition) is 2. The average molecular weight is 316 g/mol. The van der Waals surface area contributed by atoms with Gasteiger partial charge in [-0.25, -0.2) is 0 Å². The number of nitrogens with two attached hydrogens (primary N) is 1. The number of sulfonamides is 1. The predicted octanol–water partition coefficient (Wildman–Crippen LogP) is 3.06. The van der Waals surface area contributed by atoms with E-state index in [4.69, 9.17) is 5.73 Å². The maximum Gasteiger partial charge on any atom is 0.283 e. The van der Waals surface area contributed by atoms with Crippen molar-refractivity contribution in [2.45, 2.75) is 31.1 Å². The highest BCUT2D eigenvalue weighted by molar-refractivity contribution is 7.90. The van der Waals surface area contributed by atoms with Crippen molar-refractivity contribution < 1.29 is 8.42 Å². The fourth-order valence-corrected chi connectivity index (χ4v) is 3.07. The predicted molar refractivity (Wildman–Crippen MR) is 89.4 cm³/mol. The fourth-order valence-electron chi connectivity index (χ4n) is 2.08. The molecule has 116 valence electrons. The second-order valence-electron chi connectivity index (χ2n) is 5.21. The first-order valence-electron chi connectivity index (χ1n) is 7.17. The highest BCUT2D eigenvalue weighted by Gasteiger charge is 2.12. The van der Waals surface area contributed by atoms with Crippen LogP contribution in [0.25, 0.3) is 0 Å². The van der Waals surface area contributed by atoms with E-state index in [1.54, 1.807) is 24.3 Å². The summed E-state index contributed by atoms with van der Waals surface area (Å²) in [5.41, 5.74) is 7.97. The highest BCUT2D eigenvalue weighted by atomic mass is 32.2. The minimum atomic E-state index is -3.71. The average Bonchev–Trinajstić information content (AvgIpc) is 2.48. The van der Waals surface area contributed by atoms with Crippen LogP contribution in [0.15, 0.2) is 63.9 Å². The highest BCUT2D eigenvalue weighted by Crippen LogP contribution is 2.14. The smallest absolute Gasteiger partial charge is 0.283 e. The third-order valence-electron chi connectivity index (χ3n) is 3.30. The van der Waals surface area contributed by atoms with E-state index >= 15 is 0 Å². The summed E-state index contributed by atoms with van der Waals surface area (Å²) >= 11 is 0. The molecule has 2 aromatic rings. The van der Waals surface area contributed by atoms with E-state index in [0.29, 0.717) is 6.42 Å². The lowest BCUT2D eigenvalue weighted by molar-refractivity contribution is 0.597. The van der Waals surface area contributed by atoms with Gasteiger partial charge in [-0.1, -0.05) is 48.0 Å². The van der Waals surface area contributed by atoms with Crippen LogP contribution in [0.2, 0.25) is 0 Å². The summed E-state index contributed by atoms with van der Waals surface area (Å²) in [6.45, 7) is 1.90. The van der Waals surface area contributed by atoms with Crippen LogP contribution in [0.1, 0.15) is 24.0 Å². The van der Waals surface area contributed by atoms with E-state index < -0.39 is 10.0 Å². The van der Waals surface area contributed by atoms with Crippen LogP contribution in [0.4, 0.5) is 0 Å². The Morgan fingerprint density at radius 2 is 1.68 bits per heavy atom. The summed E-state index contributed by atoms with van der Waals surface area (Å²) in [6.07, 6.45) is 2.07. The van der Waals surface area contributed by atoms with Crippen LogP contribution >= 0.6 is 0 Å². The maximum atomic E-state index is 12.1. The Balaban J connectivity index is 1.97. The Morgan fingerprint density at radius 1 is 1.05 bits per heavy atom. The van der Waals surface area contributed by atoms with E-state index in [0.717, 1.165) is 18.4 Å². The Morgan fingerprint density at radius 3 is 2.32 bits per heavy atom. The Hall–Kier alpha value is -2.14. The Bertz CT molecular complexity index is 736. The van der Waals surface area contributed by atoms with Crippen molar-refractivity contribution in [2.75, 3.05) is 0 Å². The van der Waals surface area contributed by atoms with Gasteiger partial charge in [0, 0.05) is 6.42 Å². The molecular formula is C17H20N2O2S. The fraction of sp³-hybridized carbons (Fsp3) is 0.235. The lowest BCUT2D eigenvalue weighted by Crippen LogP contribution is -2.15. The topological polar surface area (TPSA) is 72.5 Å². The van der Waals surface area contributed by atoms with Gasteiger partial charge in [0.1, 0.15) is 5.84 Å². The molecule has 0 saturated heterocycles. The number of nitrogens with zero attached hydrogens (tertiary/aromatic N) is 1. The standard InChI is InChI=1S/C17H20N2O2S/c1-14-10-12-16(13-11-14)22(20,21)19-17(18)9-5-8-15-6-3-2-4-7-15/h2-4,6-7,10-13H,5,8-9H2,1H3,(H2,18,19). The summed E-state index contributed by atoms with van der Waals surface area (Å²) in [7, 11) is -3.71. The van der Waals surface area contributed by atoms with Crippen molar-refractivity contribution in [1.82, 2.24) is 0 Å². The molecule has 2 aromatic carbocycles. The van der Waals surface area contributed by atoms with Gasteiger partial charge in [-0.2, -0.15) is 8.42 Å². The van der Waals surface area contributed by atoms with Gasteiger partial charge in [-0.3, -0.25) is 0 Å². The third-order valence-corrected chi connectivity index (χ3v) is 4.64. The molecule has 0 amide bonds. The molecule has 0 radical (unpaired) electrons. The summed E-state index contributed by atoms with van der Waals surface area (Å²) in [5, 5.41) is 0. The van der Waals surface area contributed by atoms with E-state index in [-0.39, 0.29) is 10.7 Å². The zero-order chi connectivity index (χ0) is 16.0. The lowest BCUT2D eigenvalue weighted by Gasteiger charge is -2.03. The summed E-state index contributed by atoms with van der Waals surface area (Å²) in [4.78, 5) is 0.170. The van der Waals surface area contributed by atoms with Crippen LogP contribution in [-0.2, 0) is 16.4 Å². The van der Waals surface area contributed by atoms with Crippen LogP contribution < -0.4 is 5.73 Å². The van der Waals surface area contributed by atoms with E-state index in [9.17, 15) is 8.42 Å². The number of benzene rings is 2. The normalized spacial score (nSPS) is 12.3. The van der Waals surface area contributed by atoms with Gasteiger partial charge in [0.2, 0.25) is 0 Å². The van der Waals surface area contributed by atoms with Crippen LogP contribution in [0.3, 0.4) is 0 Å². The van der Waals surface area contributed by atoms with Crippen LogP contribution in [0.5, 0.6) is 0 Å². The molecule has 0 saturated carbocycles. The van der Waals surface area contributed by atoms with Gasteiger partial charge in [-0.15, -0.1) is 4.40 Å². The van der Waals surface area contributed by atoms with Crippen molar-refractivity contribution in [3.8, 4) is 0 Å². The zero-order valence-corrected chi connectivity index (χ0v) is 13.4. The first-order chi connectivity index (χ1) is 10.5. The molecule has 0 bridgehead atoms. The number of hydrogen-bond donors (Lipinski definition) is 1. The minimum absolute atomic E-state index is 0.150. The van der Waals surface area contributed by atoms with Gasteiger partial charge in [0.15, 0.2) is 0 Å². The van der Waals surface area contributed by atoms with Crippen molar-refractivity contribution in [3.63, 3.8) is 0 Å². The second kappa shape index (κ2) is 7.22. The Kier molecular flexibility index (Phi) is 5.33. The molecule has 2 N–H and O–H groups in total. The molecule has 0 aliphatic carbocycles. The monoisotopic (exact) mass is 316 g/mol. The Labute approximate surface area is 131 Å². The van der Waals surface area contributed by atoms with E-state index in [1.807, 2.05) is 37.3 Å². The largest absolute Gasteiger partial charge is 0.386 e. The quantitative estimate of drug-likeness (QED) is 0.657. The third kappa shape index (κ3) is 4.70. The van der Waals surface area contributed by atoms with Gasteiger partial charge in [0.25, 0.3) is 10.0 Å². The number of amidine groups is 1. The van der Waals surface area contributed by atoms with Gasteiger partial charge < -0.3 is 5.73 Å². The zero-order valence-electron chi connectivity index (χ0n) is 12.6. The van der Waals surface area contributed by atoms with Gasteiger partial charge in [0.05, 0.1) is 4.90 Å². The molecule has 0 fully saturated rings. The molecular weight excluding hydrogens is 296 g/mol. The van der Waals surface area contributed by atoms with Crippen molar-refractivity contribution in [3.05, 3.63) is 65.7 Å². The second-order valence-corrected chi connectivity index (χ2v) is 6.81. The summed E-state index contributed by atoms with van der Waals surface area (Å²) in [6, 6.07) is 16.6. The maximum absolute atomic E-state index is 12.1. The first kappa shape index (κ1) is 16.2. The van der Waals surface area contributed by atoms with Crippen LogP contribution in [0, 0.1) is 6.92 Å². The van der Waals surface area contributed by atoms with Crippen molar-refractivity contribution in [1.29, 1.82) is 0 Å². The van der Waals surface area contributed by atoms with Gasteiger partial charge >= 0.3 is 0 Å². The van der Waals surface area contributed by atoms with E-state index in [1.165, 1.54) is 5.56 Å². The molecule has 0 unspecified atom stereocenters. The molecule has 0 atom stereocenters. The molecule has 0 aliphatic heterocycles. The summed E-state index contributed by atoms with van der Waals surface area (Å²) < 4.78 is 27.9. The number of aryl methyl sites for hydroxylation is 2. The molecule has 4 nitrogen and oxygen atoms in total. The SMILES string of the molecule is Cc1ccc(S(=O)(=O)/N=C(\N)CCCc2ccccc2)cc1. The molecule has 0 spiro atoms. The molecule has 0 aromatic heterocycles. The number of rotatable bonds is 6. The first-order valence-corrected chi connectivity index (χ1v) is 8.61. The van der Waals surface area contributed by atoms with Crippen LogP contribution in [-0.4, -0.2) is 14.3 Å².